The van der Waals surface area contributed by atoms with Gasteiger partial charge in [-0.25, -0.2) is 0 Å². The summed E-state index contributed by atoms with van der Waals surface area (Å²) in [7, 11) is 0. The molecule has 0 aromatic rings. The topological polar surface area (TPSA) is 50.8 Å². The highest BCUT2D eigenvalue weighted by molar-refractivity contribution is 6.32. The molecule has 1 aliphatic carbocycles. The van der Waals surface area contributed by atoms with Gasteiger partial charge in [-0.2, -0.15) is 10.5 Å². The predicted octanol–water partition coefficient (Wildman–Crippen LogP) is 3.62. The lowest BCUT2D eigenvalue weighted by Crippen LogP contribution is -2.24. The van der Waals surface area contributed by atoms with Crippen LogP contribution in [-0.4, -0.2) is 18.0 Å². The van der Waals surface area contributed by atoms with E-state index in [1.165, 1.54) is 19.3 Å². The number of allylic oxidation sites excluding steroid dienone is 5. The molecule has 0 aromatic heterocycles. The summed E-state index contributed by atoms with van der Waals surface area (Å²) in [5.74, 6) is 0. The molecule has 2 aliphatic rings. The lowest BCUT2D eigenvalue weighted by atomic mass is 10.1. The van der Waals surface area contributed by atoms with E-state index < -0.39 is 0 Å². The summed E-state index contributed by atoms with van der Waals surface area (Å²) in [5.41, 5.74) is 2.15. The number of hydrogen-bond donors (Lipinski definition) is 0. The van der Waals surface area contributed by atoms with Gasteiger partial charge in [0.2, 0.25) is 0 Å². The molecule has 19 heavy (non-hydrogen) atoms. The van der Waals surface area contributed by atoms with Gasteiger partial charge in [0, 0.05) is 24.3 Å². The van der Waals surface area contributed by atoms with Crippen LogP contribution in [0, 0.1) is 22.7 Å². The van der Waals surface area contributed by atoms with Crippen LogP contribution in [0.3, 0.4) is 0 Å². The number of halogens is 1. The molecule has 4 heteroatoms. The predicted molar refractivity (Wildman–Crippen MR) is 74.9 cm³/mol. The van der Waals surface area contributed by atoms with Crippen LogP contribution in [0.4, 0.5) is 0 Å². The maximum atomic E-state index is 8.77. The number of rotatable bonds is 2. The van der Waals surface area contributed by atoms with Gasteiger partial charge in [0.15, 0.2) is 0 Å². The molecule has 0 saturated carbocycles. The first-order valence-corrected chi connectivity index (χ1v) is 6.98. The van der Waals surface area contributed by atoms with Crippen molar-refractivity contribution in [2.75, 3.05) is 13.1 Å². The van der Waals surface area contributed by atoms with Crippen molar-refractivity contribution in [1.29, 1.82) is 10.5 Å². The Hall–Kier alpha value is -1.71. The first kappa shape index (κ1) is 13.7. The summed E-state index contributed by atoms with van der Waals surface area (Å²) in [5, 5.41) is 18.3. The second-order valence-electron chi connectivity index (χ2n) is 4.87. The highest BCUT2D eigenvalue weighted by Gasteiger charge is 2.18. The zero-order chi connectivity index (χ0) is 13.7. The van der Waals surface area contributed by atoms with Crippen molar-refractivity contribution < 1.29 is 0 Å². The van der Waals surface area contributed by atoms with E-state index in [4.69, 9.17) is 22.1 Å². The van der Waals surface area contributed by atoms with Crippen molar-refractivity contribution in [1.82, 2.24) is 4.90 Å². The van der Waals surface area contributed by atoms with Gasteiger partial charge in [0.05, 0.1) is 0 Å². The van der Waals surface area contributed by atoms with E-state index in [1.807, 2.05) is 12.1 Å². The van der Waals surface area contributed by atoms with E-state index in [-0.39, 0.29) is 5.57 Å². The molecule has 0 amide bonds. The van der Waals surface area contributed by atoms with Gasteiger partial charge < -0.3 is 4.90 Å². The van der Waals surface area contributed by atoms with Crippen molar-refractivity contribution >= 4 is 11.6 Å². The van der Waals surface area contributed by atoms with E-state index in [2.05, 4.69) is 11.1 Å². The second kappa shape index (κ2) is 6.45. The van der Waals surface area contributed by atoms with Gasteiger partial charge >= 0.3 is 0 Å². The highest BCUT2D eigenvalue weighted by atomic mass is 35.5. The molecular formula is C15H16ClN3. The minimum Gasteiger partial charge on any atom is -0.377 e. The normalized spacial score (nSPS) is 21.2. The van der Waals surface area contributed by atoms with Crippen molar-refractivity contribution in [2.45, 2.75) is 32.1 Å². The second-order valence-corrected chi connectivity index (χ2v) is 5.25. The molecule has 0 atom stereocenters. The summed E-state index contributed by atoms with van der Waals surface area (Å²) >= 11 is 6.34. The lowest BCUT2D eigenvalue weighted by Gasteiger charge is -2.25. The Kier molecular flexibility index (Phi) is 4.66. The van der Waals surface area contributed by atoms with Gasteiger partial charge in [-0.05, 0) is 49.3 Å². The SMILES string of the molecule is N#CC(C#N)=CC1=C(Cl)/C(=C/N2CCCCC2)CC1. The molecule has 0 spiro atoms. The lowest BCUT2D eigenvalue weighted by molar-refractivity contribution is 0.307. The number of likely N-dealkylation sites (tertiary alicyclic amines) is 1. The maximum absolute atomic E-state index is 8.77. The quantitative estimate of drug-likeness (QED) is 0.722. The Labute approximate surface area is 119 Å². The molecule has 0 N–H and O–H groups in total. The standard InChI is InChI=1S/C15H16ClN3/c16-15-13(8-12(9-17)10-18)4-5-14(15)11-19-6-2-1-3-7-19/h8,11H,1-7H2/b14-11+. The van der Waals surface area contributed by atoms with Crippen molar-refractivity contribution in [2.24, 2.45) is 0 Å². The Morgan fingerprint density at radius 1 is 1.11 bits per heavy atom. The molecule has 2 rings (SSSR count). The molecule has 98 valence electrons. The Balaban J connectivity index is 2.16. The molecule has 0 unspecified atom stereocenters. The van der Waals surface area contributed by atoms with Crippen LogP contribution in [0.1, 0.15) is 32.1 Å². The zero-order valence-corrected chi connectivity index (χ0v) is 11.6. The minimum absolute atomic E-state index is 0.118. The highest BCUT2D eigenvalue weighted by Crippen LogP contribution is 2.35. The maximum Gasteiger partial charge on any atom is 0.130 e. The van der Waals surface area contributed by atoms with E-state index >= 15 is 0 Å². The Morgan fingerprint density at radius 3 is 2.42 bits per heavy atom. The monoisotopic (exact) mass is 273 g/mol. The van der Waals surface area contributed by atoms with Gasteiger partial charge in [-0.1, -0.05) is 11.6 Å². The van der Waals surface area contributed by atoms with Crippen LogP contribution < -0.4 is 0 Å². The molecule has 1 fully saturated rings. The Bertz CT molecular complexity index is 507. The van der Waals surface area contributed by atoms with Crippen LogP contribution in [0.5, 0.6) is 0 Å². The first-order chi connectivity index (χ1) is 9.24. The molecule has 0 radical (unpaired) electrons. The zero-order valence-electron chi connectivity index (χ0n) is 10.8. The molecule has 1 aliphatic heterocycles. The fourth-order valence-corrected chi connectivity index (χ4v) is 2.78. The van der Waals surface area contributed by atoms with Crippen molar-refractivity contribution in [3.8, 4) is 12.1 Å². The summed E-state index contributed by atoms with van der Waals surface area (Å²) < 4.78 is 0. The molecule has 3 nitrogen and oxygen atoms in total. The summed E-state index contributed by atoms with van der Waals surface area (Å²) in [6, 6.07) is 3.75. The van der Waals surface area contributed by atoms with Crippen molar-refractivity contribution in [3.05, 3.63) is 34.0 Å². The third kappa shape index (κ3) is 3.40. The van der Waals surface area contributed by atoms with Gasteiger partial charge in [-0.15, -0.1) is 0 Å². The van der Waals surface area contributed by atoms with Crippen LogP contribution in [0.2, 0.25) is 0 Å². The molecule has 1 heterocycles. The average molecular weight is 274 g/mol. The van der Waals surface area contributed by atoms with E-state index in [1.54, 1.807) is 6.08 Å². The van der Waals surface area contributed by atoms with Crippen LogP contribution >= 0.6 is 11.6 Å². The van der Waals surface area contributed by atoms with Crippen molar-refractivity contribution in [3.63, 3.8) is 0 Å². The average Bonchev–Trinajstić information content (AvgIpc) is 2.78. The largest absolute Gasteiger partial charge is 0.377 e. The summed E-state index contributed by atoms with van der Waals surface area (Å²) in [6.07, 6.45) is 9.26. The first-order valence-electron chi connectivity index (χ1n) is 6.60. The Morgan fingerprint density at radius 2 is 1.79 bits per heavy atom. The van der Waals surface area contributed by atoms with Crippen LogP contribution in [0.25, 0.3) is 0 Å². The van der Waals surface area contributed by atoms with Gasteiger partial charge in [0.1, 0.15) is 17.7 Å². The molecule has 1 saturated heterocycles. The van der Waals surface area contributed by atoms with Gasteiger partial charge in [-0.3, -0.25) is 0 Å². The van der Waals surface area contributed by atoms with Crippen LogP contribution in [0.15, 0.2) is 34.0 Å². The fraction of sp³-hybridized carbons (Fsp3) is 0.467. The number of nitriles is 2. The third-order valence-electron chi connectivity index (χ3n) is 3.52. The molecule has 0 aromatic carbocycles. The van der Waals surface area contributed by atoms with E-state index in [9.17, 15) is 0 Å². The fourth-order valence-electron chi connectivity index (χ4n) is 2.48. The summed E-state index contributed by atoms with van der Waals surface area (Å²) in [4.78, 5) is 2.32. The minimum atomic E-state index is 0.118. The number of piperidine rings is 1. The number of nitrogens with zero attached hydrogens (tertiary/aromatic N) is 3. The third-order valence-corrected chi connectivity index (χ3v) is 4.00. The van der Waals surface area contributed by atoms with E-state index in [0.29, 0.717) is 5.03 Å². The van der Waals surface area contributed by atoms with Gasteiger partial charge in [0.25, 0.3) is 0 Å². The molecular weight excluding hydrogens is 258 g/mol. The smallest absolute Gasteiger partial charge is 0.130 e. The summed E-state index contributed by atoms with van der Waals surface area (Å²) in [6.45, 7) is 2.20. The van der Waals surface area contributed by atoms with E-state index in [0.717, 1.165) is 37.1 Å². The number of hydrogen-bond acceptors (Lipinski definition) is 3. The molecule has 0 bridgehead atoms. The van der Waals surface area contributed by atoms with Crippen LogP contribution in [-0.2, 0) is 0 Å².